The molecule has 16 heavy (non-hydrogen) atoms. The van der Waals surface area contributed by atoms with Crippen molar-refractivity contribution in [1.82, 2.24) is 5.32 Å². The van der Waals surface area contributed by atoms with Crippen LogP contribution in [0.1, 0.15) is 0 Å². The molecule has 0 aliphatic carbocycles. The third-order valence-corrected chi connectivity index (χ3v) is 1.87. The van der Waals surface area contributed by atoms with Crippen LogP contribution < -0.4 is 10.6 Å². The number of ether oxygens (including phenoxy) is 1. The molecule has 5 nitrogen and oxygen atoms in total. The first-order valence-electron chi connectivity index (χ1n) is 4.59. The topological polar surface area (TPSA) is 67.4 Å². The van der Waals surface area contributed by atoms with Crippen molar-refractivity contribution in [2.45, 2.75) is 0 Å². The molecule has 2 amide bonds. The number of carbonyl (C=O) groups is 2. The molecule has 0 heterocycles. The first-order valence-corrected chi connectivity index (χ1v) is 4.96. The first kappa shape index (κ1) is 12.3. The molecule has 0 aliphatic heterocycles. The van der Waals surface area contributed by atoms with E-state index in [0.29, 0.717) is 17.1 Å². The second-order valence-electron chi connectivity index (χ2n) is 2.84. The van der Waals surface area contributed by atoms with Crippen molar-refractivity contribution in [3.63, 3.8) is 0 Å². The Balaban J connectivity index is 2.31. The minimum atomic E-state index is -0.588. The minimum Gasteiger partial charge on any atom is -0.447 e. The molecule has 0 atom stereocenters. The molecule has 0 fully saturated rings. The van der Waals surface area contributed by atoms with Crippen LogP contribution in [0.15, 0.2) is 24.3 Å². The van der Waals surface area contributed by atoms with Crippen LogP contribution in [-0.2, 0) is 9.53 Å². The fourth-order valence-corrected chi connectivity index (χ4v) is 1.17. The smallest absolute Gasteiger partial charge is 0.411 e. The van der Waals surface area contributed by atoms with Crippen LogP contribution in [0.2, 0.25) is 5.02 Å². The number of carbonyl (C=O) groups excluding carboxylic acids is 2. The average Bonchev–Trinajstić information content (AvgIpc) is 2.24. The van der Waals surface area contributed by atoms with Crippen molar-refractivity contribution in [3.8, 4) is 0 Å². The molecular formula is C10H11ClN2O3. The predicted molar refractivity (Wildman–Crippen MR) is 60.5 cm³/mol. The molecule has 0 saturated carbocycles. The summed E-state index contributed by atoms with van der Waals surface area (Å²) in [6.07, 6.45) is -0.0481. The Labute approximate surface area is 97.7 Å². The average molecular weight is 243 g/mol. The summed E-state index contributed by atoms with van der Waals surface area (Å²) < 4.78 is 4.77. The van der Waals surface area contributed by atoms with Crippen LogP contribution in [0.5, 0.6) is 0 Å². The van der Waals surface area contributed by atoms with Gasteiger partial charge in [0.25, 0.3) is 0 Å². The molecule has 1 rings (SSSR count). The van der Waals surface area contributed by atoms with Gasteiger partial charge >= 0.3 is 6.09 Å². The number of nitrogens with one attached hydrogen (secondary N) is 2. The Kier molecular flexibility index (Phi) is 5.15. The van der Waals surface area contributed by atoms with E-state index in [0.717, 1.165) is 0 Å². The molecule has 1 aromatic rings. The van der Waals surface area contributed by atoms with E-state index in [-0.39, 0.29) is 13.2 Å². The van der Waals surface area contributed by atoms with Gasteiger partial charge in [0.1, 0.15) is 6.61 Å². The summed E-state index contributed by atoms with van der Waals surface area (Å²) in [5.74, 6) is 0. The number of anilines is 1. The van der Waals surface area contributed by atoms with E-state index in [2.05, 4.69) is 10.6 Å². The van der Waals surface area contributed by atoms with Gasteiger partial charge in [-0.2, -0.15) is 0 Å². The molecule has 0 aliphatic rings. The molecule has 0 spiro atoms. The van der Waals surface area contributed by atoms with Crippen LogP contribution in [0.4, 0.5) is 10.5 Å². The lowest BCUT2D eigenvalue weighted by molar-refractivity contribution is -0.109. The summed E-state index contributed by atoms with van der Waals surface area (Å²) in [6.45, 7) is 0.400. The van der Waals surface area contributed by atoms with Gasteiger partial charge in [0.15, 0.2) is 0 Å². The van der Waals surface area contributed by atoms with E-state index in [9.17, 15) is 9.59 Å². The molecule has 86 valence electrons. The molecule has 0 radical (unpaired) electrons. The number of rotatable bonds is 5. The molecule has 6 heteroatoms. The van der Waals surface area contributed by atoms with Crippen molar-refractivity contribution in [2.75, 3.05) is 18.5 Å². The zero-order valence-electron chi connectivity index (χ0n) is 8.40. The largest absolute Gasteiger partial charge is 0.447 e. The first-order chi connectivity index (χ1) is 7.72. The zero-order chi connectivity index (χ0) is 11.8. The third-order valence-electron chi connectivity index (χ3n) is 1.63. The van der Waals surface area contributed by atoms with Crippen LogP contribution in [0, 0.1) is 0 Å². The highest BCUT2D eigenvalue weighted by atomic mass is 35.5. The number of hydrogen-bond acceptors (Lipinski definition) is 3. The Morgan fingerprint density at radius 3 is 3.00 bits per heavy atom. The van der Waals surface area contributed by atoms with Gasteiger partial charge in [0, 0.05) is 10.7 Å². The normalized spacial score (nSPS) is 9.31. The van der Waals surface area contributed by atoms with Crippen LogP contribution >= 0.6 is 11.6 Å². The SMILES string of the molecule is O=CNCCOC(=O)Nc1cccc(Cl)c1. The van der Waals surface area contributed by atoms with Gasteiger partial charge in [-0.15, -0.1) is 0 Å². The number of amides is 2. The second kappa shape index (κ2) is 6.68. The zero-order valence-corrected chi connectivity index (χ0v) is 9.16. The molecule has 1 aromatic carbocycles. The van der Waals surface area contributed by atoms with Gasteiger partial charge in [-0.25, -0.2) is 4.79 Å². The fourth-order valence-electron chi connectivity index (χ4n) is 0.982. The van der Waals surface area contributed by atoms with Gasteiger partial charge in [0.2, 0.25) is 6.41 Å². The highest BCUT2D eigenvalue weighted by Gasteiger charge is 2.02. The van der Waals surface area contributed by atoms with Crippen LogP contribution in [0.3, 0.4) is 0 Å². The van der Waals surface area contributed by atoms with E-state index in [1.807, 2.05) is 0 Å². The van der Waals surface area contributed by atoms with Crippen molar-refractivity contribution < 1.29 is 14.3 Å². The summed E-state index contributed by atoms with van der Waals surface area (Å²) in [4.78, 5) is 21.1. The Morgan fingerprint density at radius 2 is 2.31 bits per heavy atom. The number of halogens is 1. The molecule has 2 N–H and O–H groups in total. The molecule has 0 aromatic heterocycles. The minimum absolute atomic E-state index is 0.116. The van der Waals surface area contributed by atoms with Crippen molar-refractivity contribution in [1.29, 1.82) is 0 Å². The summed E-state index contributed by atoms with van der Waals surface area (Å²) >= 11 is 5.73. The third kappa shape index (κ3) is 4.65. The van der Waals surface area contributed by atoms with Gasteiger partial charge < -0.3 is 10.1 Å². The second-order valence-corrected chi connectivity index (χ2v) is 3.28. The summed E-state index contributed by atoms with van der Waals surface area (Å²) in [6, 6.07) is 6.71. The lowest BCUT2D eigenvalue weighted by Gasteiger charge is -2.06. The van der Waals surface area contributed by atoms with E-state index >= 15 is 0 Å². The monoisotopic (exact) mass is 242 g/mol. The van der Waals surface area contributed by atoms with Gasteiger partial charge in [0.05, 0.1) is 6.54 Å². The van der Waals surface area contributed by atoms with E-state index < -0.39 is 6.09 Å². The van der Waals surface area contributed by atoms with Crippen LogP contribution in [-0.4, -0.2) is 25.7 Å². The Hall–Kier alpha value is -1.75. The van der Waals surface area contributed by atoms with Gasteiger partial charge in [-0.1, -0.05) is 17.7 Å². The molecule has 0 unspecified atom stereocenters. The number of benzene rings is 1. The lowest BCUT2D eigenvalue weighted by Crippen LogP contribution is -2.22. The van der Waals surface area contributed by atoms with Crippen molar-refractivity contribution in [2.24, 2.45) is 0 Å². The lowest BCUT2D eigenvalue weighted by atomic mass is 10.3. The maximum atomic E-state index is 11.2. The maximum absolute atomic E-state index is 11.2. The Bertz CT molecular complexity index is 371. The summed E-state index contributed by atoms with van der Waals surface area (Å²) in [5, 5.41) is 5.40. The maximum Gasteiger partial charge on any atom is 0.411 e. The molecule has 0 bridgehead atoms. The highest BCUT2D eigenvalue weighted by molar-refractivity contribution is 6.30. The Morgan fingerprint density at radius 1 is 1.50 bits per heavy atom. The van der Waals surface area contributed by atoms with Crippen molar-refractivity contribution >= 4 is 29.8 Å². The quantitative estimate of drug-likeness (QED) is 0.609. The summed E-state index contributed by atoms with van der Waals surface area (Å²) in [7, 11) is 0. The molecule has 0 saturated heterocycles. The summed E-state index contributed by atoms with van der Waals surface area (Å²) in [5.41, 5.74) is 0.556. The fraction of sp³-hybridized carbons (Fsp3) is 0.200. The van der Waals surface area contributed by atoms with E-state index in [1.165, 1.54) is 0 Å². The molecular weight excluding hydrogens is 232 g/mol. The number of hydrogen-bond donors (Lipinski definition) is 2. The van der Waals surface area contributed by atoms with Gasteiger partial charge in [-0.05, 0) is 18.2 Å². The predicted octanol–water partition coefficient (Wildman–Crippen LogP) is 1.63. The van der Waals surface area contributed by atoms with Crippen LogP contribution in [0.25, 0.3) is 0 Å². The van der Waals surface area contributed by atoms with Gasteiger partial charge in [-0.3, -0.25) is 10.1 Å². The highest BCUT2D eigenvalue weighted by Crippen LogP contribution is 2.14. The standard InChI is InChI=1S/C10H11ClN2O3/c11-8-2-1-3-9(6-8)13-10(15)16-5-4-12-7-14/h1-3,6-7H,4-5H2,(H,12,14)(H,13,15). The van der Waals surface area contributed by atoms with E-state index in [1.54, 1.807) is 24.3 Å². The van der Waals surface area contributed by atoms with Crippen molar-refractivity contribution in [3.05, 3.63) is 29.3 Å². The van der Waals surface area contributed by atoms with E-state index in [4.69, 9.17) is 16.3 Å².